The molecule has 1 amide bonds. The summed E-state index contributed by atoms with van der Waals surface area (Å²) in [6.45, 7) is 0.316. The summed E-state index contributed by atoms with van der Waals surface area (Å²) in [6.07, 6.45) is 2.97. The molecule has 4 rings (SSSR count). The quantitative estimate of drug-likeness (QED) is 0.344. The number of nitrogens with zero attached hydrogens (tertiary/aromatic N) is 1. The molecule has 3 aromatic carbocycles. The minimum Gasteiger partial charge on any atom is -0.489 e. The van der Waals surface area contributed by atoms with E-state index in [0.29, 0.717) is 34.3 Å². The Kier molecular flexibility index (Phi) is 7.10. The number of sulfonamides is 1. The Morgan fingerprint density at radius 1 is 0.882 bits per heavy atom. The third-order valence-corrected chi connectivity index (χ3v) is 6.57. The maximum absolute atomic E-state index is 12.6. The van der Waals surface area contributed by atoms with Crippen LogP contribution >= 0.6 is 11.6 Å². The normalized spacial score (nSPS) is 11.0. The lowest BCUT2D eigenvalue weighted by Gasteiger charge is -2.10. The molecule has 0 aliphatic heterocycles. The van der Waals surface area contributed by atoms with Gasteiger partial charge < -0.3 is 10.1 Å². The molecule has 0 fully saturated rings. The molecule has 1 aromatic heterocycles. The Morgan fingerprint density at radius 3 is 2.29 bits per heavy atom. The van der Waals surface area contributed by atoms with E-state index >= 15 is 0 Å². The molecule has 0 saturated heterocycles. The van der Waals surface area contributed by atoms with E-state index in [4.69, 9.17) is 16.3 Å². The topological polar surface area (TPSA) is 97.4 Å². The number of hydrogen-bond donors (Lipinski definition) is 2. The molecule has 4 aromatic rings. The maximum atomic E-state index is 12.6. The van der Waals surface area contributed by atoms with Gasteiger partial charge in [-0.05, 0) is 66.7 Å². The highest BCUT2D eigenvalue weighted by molar-refractivity contribution is 7.92. The molecule has 172 valence electrons. The second-order valence-corrected chi connectivity index (χ2v) is 9.32. The van der Waals surface area contributed by atoms with E-state index in [1.54, 1.807) is 48.7 Å². The number of halogens is 1. The van der Waals surface area contributed by atoms with Crippen molar-refractivity contribution in [2.75, 3.05) is 10.0 Å². The molecule has 0 radical (unpaired) electrons. The lowest BCUT2D eigenvalue weighted by atomic mass is 10.2. The molecule has 0 atom stereocenters. The number of nitrogens with one attached hydrogen (secondary N) is 2. The Balaban J connectivity index is 1.35. The molecule has 2 N–H and O–H groups in total. The SMILES string of the molecule is O=C(Nc1ccc(S(=O)(=O)Nc2cccnc2)cc1)c1ccc(OCc2ccccc2Cl)cc1. The van der Waals surface area contributed by atoms with Crippen LogP contribution in [0.3, 0.4) is 0 Å². The number of carbonyl (C=O) groups excluding carboxylic acids is 1. The average Bonchev–Trinajstić information content (AvgIpc) is 2.84. The zero-order valence-corrected chi connectivity index (χ0v) is 19.4. The number of ether oxygens (including phenoxy) is 1. The summed E-state index contributed by atoms with van der Waals surface area (Å²) in [5.41, 5.74) is 2.12. The van der Waals surface area contributed by atoms with Crippen LogP contribution in [0.2, 0.25) is 5.02 Å². The van der Waals surface area contributed by atoms with E-state index in [-0.39, 0.29) is 10.8 Å². The van der Waals surface area contributed by atoms with Crippen molar-refractivity contribution in [2.24, 2.45) is 0 Å². The van der Waals surface area contributed by atoms with Crippen molar-refractivity contribution in [3.05, 3.63) is 113 Å². The fraction of sp³-hybridized carbons (Fsp3) is 0.0400. The minimum atomic E-state index is -3.77. The molecule has 1 heterocycles. The first-order valence-electron chi connectivity index (χ1n) is 10.2. The highest BCUT2D eigenvalue weighted by Crippen LogP contribution is 2.21. The van der Waals surface area contributed by atoms with E-state index in [1.165, 1.54) is 30.5 Å². The average molecular weight is 494 g/mol. The Hall–Kier alpha value is -3.88. The molecule has 34 heavy (non-hydrogen) atoms. The largest absolute Gasteiger partial charge is 0.489 e. The molecule has 0 saturated carbocycles. The highest BCUT2D eigenvalue weighted by atomic mass is 35.5. The van der Waals surface area contributed by atoms with Crippen LogP contribution in [0.4, 0.5) is 11.4 Å². The second-order valence-electron chi connectivity index (χ2n) is 7.23. The molecular formula is C25H20ClN3O4S. The van der Waals surface area contributed by atoms with Crippen LogP contribution in [0.5, 0.6) is 5.75 Å². The summed E-state index contributed by atoms with van der Waals surface area (Å²) in [5, 5.41) is 3.38. The number of anilines is 2. The summed E-state index contributed by atoms with van der Waals surface area (Å²) in [4.78, 5) is 16.5. The zero-order chi connectivity index (χ0) is 24.0. The second kappa shape index (κ2) is 10.4. The number of aromatic nitrogens is 1. The van der Waals surface area contributed by atoms with Crippen molar-refractivity contribution in [3.8, 4) is 5.75 Å². The number of rotatable bonds is 8. The van der Waals surface area contributed by atoms with Crippen molar-refractivity contribution < 1.29 is 17.9 Å². The fourth-order valence-corrected chi connectivity index (χ4v) is 4.27. The highest BCUT2D eigenvalue weighted by Gasteiger charge is 2.15. The summed E-state index contributed by atoms with van der Waals surface area (Å²) < 4.78 is 33.2. The first kappa shape index (κ1) is 23.3. The van der Waals surface area contributed by atoms with Gasteiger partial charge in [0.15, 0.2) is 0 Å². The Morgan fingerprint density at radius 2 is 1.62 bits per heavy atom. The monoisotopic (exact) mass is 493 g/mol. The first-order valence-corrected chi connectivity index (χ1v) is 12.1. The Labute approximate surface area is 202 Å². The molecule has 0 spiro atoms. The molecule has 0 aliphatic carbocycles. The predicted octanol–water partition coefficient (Wildman–Crippen LogP) is 5.37. The maximum Gasteiger partial charge on any atom is 0.261 e. The van der Waals surface area contributed by atoms with Crippen LogP contribution in [-0.2, 0) is 16.6 Å². The van der Waals surface area contributed by atoms with Gasteiger partial charge in [-0.2, -0.15) is 0 Å². The van der Waals surface area contributed by atoms with Gasteiger partial charge >= 0.3 is 0 Å². The molecule has 7 nitrogen and oxygen atoms in total. The van der Waals surface area contributed by atoms with Gasteiger partial charge in [0.25, 0.3) is 15.9 Å². The van der Waals surface area contributed by atoms with E-state index in [2.05, 4.69) is 15.0 Å². The van der Waals surface area contributed by atoms with Crippen molar-refractivity contribution in [3.63, 3.8) is 0 Å². The molecule has 0 aliphatic rings. The number of hydrogen-bond acceptors (Lipinski definition) is 5. The van der Waals surface area contributed by atoms with Crippen LogP contribution in [0.1, 0.15) is 15.9 Å². The molecule has 0 bridgehead atoms. The van der Waals surface area contributed by atoms with Gasteiger partial charge in [0.2, 0.25) is 0 Å². The van der Waals surface area contributed by atoms with Crippen molar-refractivity contribution >= 4 is 38.9 Å². The summed E-state index contributed by atoms with van der Waals surface area (Å²) >= 11 is 6.13. The fourth-order valence-electron chi connectivity index (χ4n) is 3.04. The smallest absolute Gasteiger partial charge is 0.261 e. The molecular weight excluding hydrogens is 474 g/mol. The van der Waals surface area contributed by atoms with Gasteiger partial charge in [0, 0.05) is 28.0 Å². The standard InChI is InChI=1S/C25H20ClN3O4S/c26-24-6-2-1-4-19(24)17-33-22-11-7-18(8-12-22)25(30)28-20-9-13-23(14-10-20)34(31,32)29-21-5-3-15-27-16-21/h1-16,29H,17H2,(H,28,30). The number of amides is 1. The minimum absolute atomic E-state index is 0.0642. The summed E-state index contributed by atoms with van der Waals surface area (Å²) in [7, 11) is -3.77. The van der Waals surface area contributed by atoms with E-state index < -0.39 is 10.0 Å². The first-order chi connectivity index (χ1) is 16.4. The van der Waals surface area contributed by atoms with Crippen molar-refractivity contribution in [1.82, 2.24) is 4.98 Å². The third-order valence-electron chi connectivity index (χ3n) is 4.80. The van der Waals surface area contributed by atoms with Crippen molar-refractivity contribution in [1.29, 1.82) is 0 Å². The van der Waals surface area contributed by atoms with Gasteiger partial charge in [-0.25, -0.2) is 8.42 Å². The van der Waals surface area contributed by atoms with Crippen LogP contribution in [0.15, 0.2) is 102 Å². The number of benzene rings is 3. The Bertz CT molecular complexity index is 1380. The van der Waals surface area contributed by atoms with Crippen LogP contribution in [-0.4, -0.2) is 19.3 Å². The van der Waals surface area contributed by atoms with Crippen LogP contribution in [0, 0.1) is 0 Å². The summed E-state index contributed by atoms with van der Waals surface area (Å²) in [6, 6.07) is 23.2. The predicted molar refractivity (Wildman–Crippen MR) is 132 cm³/mol. The van der Waals surface area contributed by atoms with Gasteiger partial charge in [-0.15, -0.1) is 0 Å². The lowest BCUT2D eigenvalue weighted by Crippen LogP contribution is -2.14. The van der Waals surface area contributed by atoms with Gasteiger partial charge in [-0.3, -0.25) is 14.5 Å². The van der Waals surface area contributed by atoms with Crippen LogP contribution in [0.25, 0.3) is 0 Å². The van der Waals surface area contributed by atoms with E-state index in [1.807, 2.05) is 18.2 Å². The van der Waals surface area contributed by atoms with Gasteiger partial charge in [-0.1, -0.05) is 29.8 Å². The van der Waals surface area contributed by atoms with Crippen molar-refractivity contribution in [2.45, 2.75) is 11.5 Å². The summed E-state index contributed by atoms with van der Waals surface area (Å²) in [5.74, 6) is 0.272. The number of carbonyl (C=O) groups is 1. The molecule has 0 unspecified atom stereocenters. The van der Waals surface area contributed by atoms with E-state index in [9.17, 15) is 13.2 Å². The van der Waals surface area contributed by atoms with Gasteiger partial charge in [0.05, 0.1) is 16.8 Å². The molecule has 9 heteroatoms. The lowest BCUT2D eigenvalue weighted by molar-refractivity contribution is 0.102. The zero-order valence-electron chi connectivity index (χ0n) is 17.8. The third kappa shape index (κ3) is 5.92. The van der Waals surface area contributed by atoms with Crippen LogP contribution < -0.4 is 14.8 Å². The van der Waals surface area contributed by atoms with Gasteiger partial charge in [0.1, 0.15) is 12.4 Å². The number of pyridine rings is 1. The van der Waals surface area contributed by atoms with E-state index in [0.717, 1.165) is 5.56 Å².